The van der Waals surface area contributed by atoms with E-state index in [0.29, 0.717) is 17.9 Å². The lowest BCUT2D eigenvalue weighted by Gasteiger charge is -2.24. The van der Waals surface area contributed by atoms with Crippen molar-refractivity contribution in [2.45, 2.75) is 81.0 Å². The fourth-order valence-corrected chi connectivity index (χ4v) is 3.92. The molecule has 1 heterocycles. The van der Waals surface area contributed by atoms with E-state index in [2.05, 4.69) is 15.5 Å². The zero-order valence-electron chi connectivity index (χ0n) is 13.0. The van der Waals surface area contributed by atoms with Gasteiger partial charge in [0.1, 0.15) is 6.61 Å². The van der Waals surface area contributed by atoms with Crippen LogP contribution >= 0.6 is 11.8 Å². The minimum absolute atomic E-state index is 0.0767. The molecule has 1 aromatic heterocycles. The van der Waals surface area contributed by atoms with Gasteiger partial charge in [0.05, 0.1) is 5.25 Å². The second kappa shape index (κ2) is 7.00. The van der Waals surface area contributed by atoms with Crippen molar-refractivity contribution in [3.8, 4) is 0 Å². The predicted octanol–water partition coefficient (Wildman–Crippen LogP) is 2.03. The van der Waals surface area contributed by atoms with E-state index >= 15 is 0 Å². The smallest absolute Gasteiger partial charge is 0.233 e. The van der Waals surface area contributed by atoms with Crippen LogP contribution in [0.4, 0.5) is 0 Å². The van der Waals surface area contributed by atoms with Crippen LogP contribution in [0.2, 0.25) is 0 Å². The average molecular weight is 324 g/mol. The summed E-state index contributed by atoms with van der Waals surface area (Å²) in [5, 5.41) is 21.3. The van der Waals surface area contributed by atoms with Gasteiger partial charge in [-0.3, -0.25) is 4.79 Å². The first-order valence-electron chi connectivity index (χ1n) is 8.20. The molecular weight excluding hydrogens is 300 g/mol. The zero-order chi connectivity index (χ0) is 15.5. The Labute approximate surface area is 135 Å². The fourth-order valence-electron chi connectivity index (χ4n) is 2.97. The minimum atomic E-state index is -0.199. The number of aromatic nitrogens is 3. The Kier molecular flexibility index (Phi) is 5.03. The maximum Gasteiger partial charge on any atom is 0.233 e. The summed E-state index contributed by atoms with van der Waals surface area (Å²) in [5.74, 6) is 0.678. The van der Waals surface area contributed by atoms with Crippen LogP contribution in [0.25, 0.3) is 0 Å². The molecule has 0 spiro atoms. The van der Waals surface area contributed by atoms with Crippen LogP contribution in [0, 0.1) is 0 Å². The van der Waals surface area contributed by atoms with Crippen molar-refractivity contribution < 1.29 is 9.90 Å². The Balaban J connectivity index is 1.60. The van der Waals surface area contributed by atoms with Crippen molar-refractivity contribution in [3.63, 3.8) is 0 Å². The van der Waals surface area contributed by atoms with Gasteiger partial charge in [-0.15, -0.1) is 10.2 Å². The SMILES string of the molecule is C[C@H](Sc1nnc(CO)n1C1CC1)C(=O)NC1CCCCC1. The maximum atomic E-state index is 12.3. The lowest BCUT2D eigenvalue weighted by atomic mass is 9.95. The summed E-state index contributed by atoms with van der Waals surface area (Å²) in [6, 6.07) is 0.729. The summed E-state index contributed by atoms with van der Waals surface area (Å²) in [7, 11) is 0. The van der Waals surface area contributed by atoms with Crippen LogP contribution in [-0.4, -0.2) is 37.1 Å². The van der Waals surface area contributed by atoms with Crippen molar-refractivity contribution >= 4 is 17.7 Å². The number of thioether (sulfide) groups is 1. The highest BCUT2D eigenvalue weighted by atomic mass is 32.2. The van der Waals surface area contributed by atoms with Crippen molar-refractivity contribution in [1.29, 1.82) is 0 Å². The van der Waals surface area contributed by atoms with Crippen molar-refractivity contribution in [3.05, 3.63) is 5.82 Å². The van der Waals surface area contributed by atoms with Crippen LogP contribution in [0.15, 0.2) is 5.16 Å². The van der Waals surface area contributed by atoms with Crippen LogP contribution in [0.1, 0.15) is 63.7 Å². The van der Waals surface area contributed by atoms with E-state index in [0.717, 1.165) is 30.8 Å². The number of hydrogen-bond acceptors (Lipinski definition) is 5. The first-order chi connectivity index (χ1) is 10.7. The molecule has 122 valence electrons. The lowest BCUT2D eigenvalue weighted by molar-refractivity contribution is -0.121. The van der Waals surface area contributed by atoms with E-state index in [-0.39, 0.29) is 17.8 Å². The van der Waals surface area contributed by atoms with Crippen molar-refractivity contribution in [2.75, 3.05) is 0 Å². The standard InChI is InChI=1S/C15H24N4O2S/c1-10(14(21)16-11-5-3-2-4-6-11)22-15-18-17-13(9-20)19(15)12-7-8-12/h10-12,20H,2-9H2,1H3,(H,16,21)/t10-/m0/s1. The summed E-state index contributed by atoms with van der Waals surface area (Å²) in [6.07, 6.45) is 8.09. The fraction of sp³-hybridized carbons (Fsp3) is 0.800. The third kappa shape index (κ3) is 3.63. The number of amides is 1. The Morgan fingerprint density at radius 1 is 1.32 bits per heavy atom. The molecule has 0 saturated heterocycles. The molecule has 0 bridgehead atoms. The van der Waals surface area contributed by atoms with Crippen LogP contribution in [-0.2, 0) is 11.4 Å². The third-order valence-corrected chi connectivity index (χ3v) is 5.45. The van der Waals surface area contributed by atoms with Gasteiger partial charge in [0.15, 0.2) is 11.0 Å². The largest absolute Gasteiger partial charge is 0.388 e. The molecule has 1 atom stereocenters. The number of rotatable bonds is 6. The highest BCUT2D eigenvalue weighted by Crippen LogP contribution is 2.39. The number of nitrogens with one attached hydrogen (secondary N) is 1. The quantitative estimate of drug-likeness (QED) is 0.783. The number of carbonyl (C=O) groups is 1. The van der Waals surface area contributed by atoms with Gasteiger partial charge < -0.3 is 15.0 Å². The number of aliphatic hydroxyl groups is 1. The second-order valence-corrected chi connectivity index (χ2v) is 7.57. The minimum Gasteiger partial charge on any atom is -0.388 e. The topological polar surface area (TPSA) is 80.0 Å². The Morgan fingerprint density at radius 3 is 2.68 bits per heavy atom. The molecule has 7 heteroatoms. The average Bonchev–Trinajstić information content (AvgIpc) is 3.29. The van der Waals surface area contributed by atoms with Gasteiger partial charge >= 0.3 is 0 Å². The van der Waals surface area contributed by atoms with E-state index in [1.165, 1.54) is 31.0 Å². The molecule has 2 N–H and O–H groups in total. The van der Waals surface area contributed by atoms with Gasteiger partial charge in [0.2, 0.25) is 5.91 Å². The van der Waals surface area contributed by atoms with Gasteiger partial charge in [-0.25, -0.2) is 0 Å². The number of hydrogen-bond donors (Lipinski definition) is 2. The van der Waals surface area contributed by atoms with E-state index in [4.69, 9.17) is 0 Å². The van der Waals surface area contributed by atoms with Crippen LogP contribution in [0.3, 0.4) is 0 Å². The number of aliphatic hydroxyl groups excluding tert-OH is 1. The Morgan fingerprint density at radius 2 is 2.05 bits per heavy atom. The molecule has 0 unspecified atom stereocenters. The predicted molar refractivity (Wildman–Crippen MR) is 84.6 cm³/mol. The first-order valence-corrected chi connectivity index (χ1v) is 9.08. The highest BCUT2D eigenvalue weighted by Gasteiger charge is 2.31. The second-order valence-electron chi connectivity index (χ2n) is 6.26. The Hall–Kier alpha value is -1.08. The van der Waals surface area contributed by atoms with E-state index < -0.39 is 0 Å². The third-order valence-electron chi connectivity index (χ3n) is 4.39. The summed E-state index contributed by atoms with van der Waals surface area (Å²) in [6.45, 7) is 1.81. The molecule has 2 aliphatic rings. The van der Waals surface area contributed by atoms with Gasteiger partial charge in [-0.2, -0.15) is 0 Å². The molecular formula is C15H24N4O2S. The number of carbonyl (C=O) groups excluding carboxylic acids is 1. The molecule has 0 radical (unpaired) electrons. The molecule has 2 fully saturated rings. The monoisotopic (exact) mass is 324 g/mol. The summed E-state index contributed by atoms with van der Waals surface area (Å²) >= 11 is 1.44. The van der Waals surface area contributed by atoms with E-state index in [1.54, 1.807) is 0 Å². The summed E-state index contributed by atoms with van der Waals surface area (Å²) in [5.41, 5.74) is 0. The summed E-state index contributed by atoms with van der Waals surface area (Å²) < 4.78 is 2.00. The van der Waals surface area contributed by atoms with Gasteiger partial charge in [0, 0.05) is 12.1 Å². The molecule has 1 aromatic rings. The Bertz CT molecular complexity index is 524. The van der Waals surface area contributed by atoms with E-state index in [1.807, 2.05) is 11.5 Å². The summed E-state index contributed by atoms with van der Waals surface area (Å²) in [4.78, 5) is 12.3. The van der Waals surface area contributed by atoms with Crippen molar-refractivity contribution in [2.24, 2.45) is 0 Å². The molecule has 6 nitrogen and oxygen atoms in total. The van der Waals surface area contributed by atoms with Gasteiger partial charge in [-0.05, 0) is 32.6 Å². The van der Waals surface area contributed by atoms with Crippen LogP contribution in [0.5, 0.6) is 0 Å². The first kappa shape index (κ1) is 15.8. The zero-order valence-corrected chi connectivity index (χ0v) is 13.8. The maximum absolute atomic E-state index is 12.3. The molecule has 2 aliphatic carbocycles. The molecule has 0 aliphatic heterocycles. The molecule has 2 saturated carbocycles. The normalized spacial score (nSPS) is 20.8. The van der Waals surface area contributed by atoms with Crippen molar-refractivity contribution in [1.82, 2.24) is 20.1 Å². The van der Waals surface area contributed by atoms with Gasteiger partial charge in [-0.1, -0.05) is 31.0 Å². The van der Waals surface area contributed by atoms with E-state index in [9.17, 15) is 9.90 Å². The van der Waals surface area contributed by atoms with Crippen LogP contribution < -0.4 is 5.32 Å². The molecule has 0 aromatic carbocycles. The highest BCUT2D eigenvalue weighted by molar-refractivity contribution is 8.00. The molecule has 3 rings (SSSR count). The number of nitrogens with zero attached hydrogens (tertiary/aromatic N) is 3. The molecule has 22 heavy (non-hydrogen) atoms. The molecule has 1 amide bonds. The lowest BCUT2D eigenvalue weighted by Crippen LogP contribution is -2.40. The van der Waals surface area contributed by atoms with Gasteiger partial charge in [0.25, 0.3) is 0 Å².